The molecule has 1 rings (SSSR count). The van der Waals surface area contributed by atoms with Crippen LogP contribution in [-0.4, -0.2) is 172 Å². The molecule has 0 spiro atoms. The van der Waals surface area contributed by atoms with Crippen LogP contribution in [-0.2, 0) is 64.0 Å². The van der Waals surface area contributed by atoms with Gasteiger partial charge in [-0.3, -0.25) is 52.7 Å². The number of aliphatic hydroxyl groups is 2. The van der Waals surface area contributed by atoms with E-state index < -0.39 is 170 Å². The van der Waals surface area contributed by atoms with E-state index in [9.17, 15) is 78.0 Å². The van der Waals surface area contributed by atoms with Crippen molar-refractivity contribution in [1.29, 1.82) is 0 Å². The Labute approximate surface area is 445 Å². The third-order valence-corrected chi connectivity index (χ3v) is 11.9. The zero-order valence-electron chi connectivity index (χ0n) is 44.2. The molecule has 11 atom stereocenters. The number of benzene rings is 1. The van der Waals surface area contributed by atoms with Crippen molar-refractivity contribution >= 4 is 70.9 Å². The predicted molar refractivity (Wildman–Crippen MR) is 274 cm³/mol. The number of phenolic OH excluding ortho intramolecular Hbond substituents is 1. The standard InChI is InChI=1S/C48H79N13O16/c1-7-24(4)38(47(75)53-26(6)40(68)59-34(21-62)46(74)58-33(48(76)77)20-37(52)66)61-42(70)30(15-16-36(51)65)55-41(69)29(10-8-9-17-49)54-45(73)35(22-63)60-43(71)31(18-23(2)3)57-44(72)32(56-39(67)25(5)50)19-27-11-13-28(64)14-12-27/h11-14,23-26,29-35,38,62-64H,7-10,15-22,49-50H2,1-6H3,(H2,51,65)(H2,52,66)(H,53,75)(H,54,73)(H,55,69)(H,56,67)(H,57,72)(H,58,74)(H,59,68)(H,60,71)(H,61,70)(H,76,77)/t24-,25-,26-,29-,30-,31-,32-,33-,34-,35-,38-/m0/s1. The molecule has 1 aromatic carbocycles. The van der Waals surface area contributed by atoms with Crippen LogP contribution in [0.4, 0.5) is 0 Å². The van der Waals surface area contributed by atoms with Crippen LogP contribution in [0.1, 0.15) is 98.5 Å². The van der Waals surface area contributed by atoms with Crippen molar-refractivity contribution in [2.45, 2.75) is 160 Å². The Hall–Kier alpha value is -7.50. The van der Waals surface area contributed by atoms with E-state index in [0.29, 0.717) is 12.0 Å². The van der Waals surface area contributed by atoms with E-state index in [1.54, 1.807) is 27.7 Å². The number of aromatic hydroxyl groups is 1. The van der Waals surface area contributed by atoms with Crippen molar-refractivity contribution in [2.75, 3.05) is 19.8 Å². The molecule has 0 radical (unpaired) electrons. The Morgan fingerprint density at radius 2 is 0.987 bits per heavy atom. The highest BCUT2D eigenvalue weighted by atomic mass is 16.4. The normalized spacial score (nSPS) is 15.4. The van der Waals surface area contributed by atoms with Crippen LogP contribution in [0.2, 0.25) is 0 Å². The lowest BCUT2D eigenvalue weighted by Gasteiger charge is -2.29. The molecule has 21 N–H and O–H groups in total. The van der Waals surface area contributed by atoms with Crippen LogP contribution in [0, 0.1) is 11.8 Å². The first-order valence-corrected chi connectivity index (χ1v) is 25.1. The summed E-state index contributed by atoms with van der Waals surface area (Å²) in [4.78, 5) is 156. The number of primary amides is 2. The monoisotopic (exact) mass is 1090 g/mol. The summed E-state index contributed by atoms with van der Waals surface area (Å²) in [5.74, 6) is -13.1. The Morgan fingerprint density at radius 1 is 0.532 bits per heavy atom. The van der Waals surface area contributed by atoms with Gasteiger partial charge in [-0.2, -0.15) is 0 Å². The topological polar surface area (TPSA) is 498 Å². The summed E-state index contributed by atoms with van der Waals surface area (Å²) in [6.07, 6.45) is -0.979. The lowest BCUT2D eigenvalue weighted by Crippen LogP contribution is -2.61. The van der Waals surface area contributed by atoms with Gasteiger partial charge in [0.15, 0.2) is 0 Å². The van der Waals surface area contributed by atoms with Gasteiger partial charge in [0.25, 0.3) is 0 Å². The molecule has 29 nitrogen and oxygen atoms in total. The number of carbonyl (C=O) groups excluding carboxylic acids is 11. The summed E-state index contributed by atoms with van der Waals surface area (Å²) in [7, 11) is 0. The second kappa shape index (κ2) is 34.2. The minimum Gasteiger partial charge on any atom is -0.508 e. The highest BCUT2D eigenvalue weighted by molar-refractivity contribution is 5.99. The second-order valence-electron chi connectivity index (χ2n) is 19.0. The molecule has 0 saturated carbocycles. The number of unbranched alkanes of at least 4 members (excludes halogenated alkanes) is 1. The molecule has 432 valence electrons. The van der Waals surface area contributed by atoms with Crippen molar-refractivity contribution in [3.05, 3.63) is 29.8 Å². The number of hydrogen-bond donors (Lipinski definition) is 17. The summed E-state index contributed by atoms with van der Waals surface area (Å²) >= 11 is 0. The third-order valence-electron chi connectivity index (χ3n) is 11.9. The fourth-order valence-corrected chi connectivity index (χ4v) is 7.17. The average Bonchev–Trinajstić information content (AvgIpc) is 3.35. The molecule has 0 bridgehead atoms. The van der Waals surface area contributed by atoms with Crippen molar-refractivity contribution in [3.8, 4) is 5.75 Å². The van der Waals surface area contributed by atoms with Gasteiger partial charge in [0.1, 0.15) is 60.1 Å². The van der Waals surface area contributed by atoms with E-state index in [-0.39, 0.29) is 50.3 Å². The van der Waals surface area contributed by atoms with Gasteiger partial charge >= 0.3 is 5.97 Å². The third kappa shape index (κ3) is 24.8. The minimum atomic E-state index is -1.79. The van der Waals surface area contributed by atoms with E-state index in [0.717, 1.165) is 0 Å². The molecule has 0 aliphatic carbocycles. The number of nitrogens with two attached hydrogens (primary N) is 4. The minimum absolute atomic E-state index is 0.0160. The molecule has 0 heterocycles. The van der Waals surface area contributed by atoms with Crippen LogP contribution < -0.4 is 70.8 Å². The van der Waals surface area contributed by atoms with Gasteiger partial charge in [0.05, 0.1) is 25.7 Å². The number of amides is 11. The molecule has 0 aromatic heterocycles. The summed E-state index contributed by atoms with van der Waals surface area (Å²) in [5, 5.41) is 60.7. The molecular formula is C48H79N13O16. The number of carbonyl (C=O) groups is 12. The Balaban J connectivity index is 3.37. The maximum absolute atomic E-state index is 14.1. The molecule has 0 aliphatic heterocycles. The van der Waals surface area contributed by atoms with E-state index >= 15 is 0 Å². The van der Waals surface area contributed by atoms with Crippen LogP contribution in [0.15, 0.2) is 24.3 Å². The summed E-state index contributed by atoms with van der Waals surface area (Å²) in [6.45, 7) is 7.48. The van der Waals surface area contributed by atoms with Crippen LogP contribution >= 0.6 is 0 Å². The van der Waals surface area contributed by atoms with Gasteiger partial charge in [0.2, 0.25) is 65.0 Å². The van der Waals surface area contributed by atoms with Gasteiger partial charge in [0, 0.05) is 12.8 Å². The van der Waals surface area contributed by atoms with Crippen LogP contribution in [0.5, 0.6) is 5.75 Å². The lowest BCUT2D eigenvalue weighted by atomic mass is 9.97. The van der Waals surface area contributed by atoms with Crippen molar-refractivity contribution < 1.29 is 78.0 Å². The number of rotatable bonds is 36. The first-order chi connectivity index (χ1) is 36.1. The molecule has 0 aliphatic rings. The van der Waals surface area contributed by atoms with Crippen LogP contribution in [0.25, 0.3) is 0 Å². The Morgan fingerprint density at radius 3 is 1.47 bits per heavy atom. The molecule has 0 fully saturated rings. The zero-order chi connectivity index (χ0) is 58.7. The predicted octanol–water partition coefficient (Wildman–Crippen LogP) is -5.90. The van der Waals surface area contributed by atoms with Crippen LogP contribution in [0.3, 0.4) is 0 Å². The maximum atomic E-state index is 14.1. The molecular weight excluding hydrogens is 1010 g/mol. The molecule has 0 unspecified atom stereocenters. The van der Waals surface area contributed by atoms with Crippen molar-refractivity contribution in [2.24, 2.45) is 34.8 Å². The van der Waals surface area contributed by atoms with Gasteiger partial charge in [-0.05, 0) is 82.0 Å². The van der Waals surface area contributed by atoms with E-state index in [2.05, 4.69) is 42.5 Å². The second-order valence-corrected chi connectivity index (χ2v) is 19.0. The van der Waals surface area contributed by atoms with Gasteiger partial charge in [-0.25, -0.2) is 4.79 Å². The summed E-state index contributed by atoms with van der Waals surface area (Å²) in [6, 6.07) is -8.98. The first-order valence-electron chi connectivity index (χ1n) is 25.1. The fraction of sp³-hybridized carbons (Fsp3) is 0.625. The van der Waals surface area contributed by atoms with Gasteiger partial charge in [-0.15, -0.1) is 0 Å². The molecule has 1 aromatic rings. The average molecular weight is 1090 g/mol. The lowest BCUT2D eigenvalue weighted by molar-refractivity contribution is -0.144. The van der Waals surface area contributed by atoms with E-state index in [4.69, 9.17) is 22.9 Å². The molecule has 11 amide bonds. The fourth-order valence-electron chi connectivity index (χ4n) is 7.17. The highest BCUT2D eigenvalue weighted by Gasteiger charge is 2.36. The maximum Gasteiger partial charge on any atom is 0.326 e. The Bertz CT molecular complexity index is 2200. The number of hydrogen-bond acceptors (Lipinski definition) is 17. The summed E-state index contributed by atoms with van der Waals surface area (Å²) in [5.41, 5.74) is 22.4. The number of aliphatic carboxylic acids is 1. The quantitative estimate of drug-likeness (QED) is 0.0278. The van der Waals surface area contributed by atoms with E-state index in [1.807, 2.05) is 5.32 Å². The number of carboxylic acid groups (broad SMARTS) is 1. The Kier molecular flexibility index (Phi) is 30.0. The summed E-state index contributed by atoms with van der Waals surface area (Å²) < 4.78 is 0. The molecule has 29 heteroatoms. The van der Waals surface area contributed by atoms with Crippen molar-refractivity contribution in [1.82, 2.24) is 47.9 Å². The largest absolute Gasteiger partial charge is 0.508 e. The smallest absolute Gasteiger partial charge is 0.326 e. The van der Waals surface area contributed by atoms with E-state index in [1.165, 1.54) is 38.1 Å². The number of phenols is 1. The zero-order valence-corrected chi connectivity index (χ0v) is 44.2. The van der Waals surface area contributed by atoms with Crippen molar-refractivity contribution in [3.63, 3.8) is 0 Å². The SMILES string of the molecule is CC[C@H](C)[C@H](NC(=O)[C@H](CCC(N)=O)NC(=O)[C@H](CCCCN)NC(=O)[C@H](CO)NC(=O)[C@H](CC(C)C)NC(=O)[C@H](Cc1ccc(O)cc1)NC(=O)[C@H](C)N)C(=O)N[C@@H](C)C(=O)N[C@@H](CO)C(=O)N[C@@H](CC(N)=O)C(=O)O. The van der Waals surface area contributed by atoms with Gasteiger partial charge < -0.3 is 91.2 Å². The molecule has 0 saturated heterocycles. The van der Waals surface area contributed by atoms with Gasteiger partial charge in [-0.1, -0.05) is 46.2 Å². The number of aliphatic hydroxyl groups excluding tert-OH is 2. The number of nitrogens with one attached hydrogen (secondary N) is 9. The number of carboxylic acids is 1. The first kappa shape index (κ1) is 67.5. The highest BCUT2D eigenvalue weighted by Crippen LogP contribution is 2.14. The molecule has 77 heavy (non-hydrogen) atoms.